The zero-order valence-corrected chi connectivity index (χ0v) is 18.4. The van der Waals surface area contributed by atoms with Gasteiger partial charge in [-0.05, 0) is 38.1 Å². The maximum Gasteiger partial charge on any atom is 0.586 e. The molecule has 0 bridgehead atoms. The number of hydrogen-bond donors (Lipinski definition) is 1. The van der Waals surface area contributed by atoms with Gasteiger partial charge in [0.1, 0.15) is 5.52 Å². The van der Waals surface area contributed by atoms with Crippen molar-refractivity contribution < 1.29 is 18.3 Å². The van der Waals surface area contributed by atoms with Crippen LogP contribution in [0.2, 0.25) is 0 Å². The van der Waals surface area contributed by atoms with Crippen LogP contribution in [0.25, 0.3) is 16.6 Å². The number of rotatable bonds is 3. The first kappa shape index (κ1) is 23.2. The van der Waals surface area contributed by atoms with Crippen molar-refractivity contribution in [1.82, 2.24) is 24.5 Å². The van der Waals surface area contributed by atoms with Crippen molar-refractivity contribution in [1.29, 1.82) is 0 Å². The molecular formula is C24H24F2N6O2. The topological polar surface area (TPSA) is 90.8 Å². The lowest BCUT2D eigenvalue weighted by molar-refractivity contribution is -0.286. The average molecular weight is 466 g/mol. The second-order valence-electron chi connectivity index (χ2n) is 7.64. The monoisotopic (exact) mass is 466 g/mol. The molecule has 34 heavy (non-hydrogen) atoms. The van der Waals surface area contributed by atoms with Gasteiger partial charge in [0.25, 0.3) is 0 Å². The summed E-state index contributed by atoms with van der Waals surface area (Å²) in [7, 11) is 0. The van der Waals surface area contributed by atoms with E-state index in [2.05, 4.69) is 42.3 Å². The van der Waals surface area contributed by atoms with Gasteiger partial charge in [-0.3, -0.25) is 0 Å². The van der Waals surface area contributed by atoms with Gasteiger partial charge in [-0.2, -0.15) is 4.52 Å². The lowest BCUT2D eigenvalue weighted by Gasteiger charge is -2.12. The molecule has 4 heterocycles. The predicted octanol–water partition coefficient (Wildman–Crippen LogP) is 3.76. The van der Waals surface area contributed by atoms with E-state index >= 15 is 0 Å². The molecule has 1 saturated heterocycles. The van der Waals surface area contributed by atoms with Crippen molar-refractivity contribution in [3.05, 3.63) is 54.4 Å². The molecule has 0 saturated carbocycles. The van der Waals surface area contributed by atoms with E-state index in [1.54, 1.807) is 6.07 Å². The molecule has 4 aromatic rings. The Bertz CT molecular complexity index is 1260. The molecule has 2 aromatic carbocycles. The third kappa shape index (κ3) is 4.84. The summed E-state index contributed by atoms with van der Waals surface area (Å²) in [5.74, 6) is 0.483. The molecule has 10 heteroatoms. The van der Waals surface area contributed by atoms with Crippen LogP contribution >= 0.6 is 0 Å². The molecule has 2 N–H and O–H groups in total. The van der Waals surface area contributed by atoms with Crippen molar-refractivity contribution in [2.45, 2.75) is 25.6 Å². The van der Waals surface area contributed by atoms with E-state index in [9.17, 15) is 8.78 Å². The van der Waals surface area contributed by atoms with E-state index in [0.717, 1.165) is 19.6 Å². The minimum atomic E-state index is -3.71. The Kier molecular flexibility index (Phi) is 6.75. The number of nitrogens with two attached hydrogens (primary N) is 1. The number of anilines is 1. The lowest BCUT2D eigenvalue weighted by atomic mass is 10.2. The zero-order valence-electron chi connectivity index (χ0n) is 18.4. The summed E-state index contributed by atoms with van der Waals surface area (Å²) in [6.07, 6.45) is 7.41. The molecule has 0 unspecified atom stereocenters. The van der Waals surface area contributed by atoms with E-state index < -0.39 is 6.29 Å². The number of terminal acetylenes is 1. The fourth-order valence-electron chi connectivity index (χ4n) is 3.90. The predicted molar refractivity (Wildman–Crippen MR) is 125 cm³/mol. The third-order valence-electron chi connectivity index (χ3n) is 5.40. The van der Waals surface area contributed by atoms with Crippen molar-refractivity contribution in [3.63, 3.8) is 0 Å². The van der Waals surface area contributed by atoms with Crippen LogP contribution in [-0.4, -0.2) is 50.4 Å². The smallest absolute Gasteiger partial charge is 0.395 e. The summed E-state index contributed by atoms with van der Waals surface area (Å²) in [6.45, 7) is 3.07. The number of nitrogen functional groups attached to an aromatic ring is 1. The fourth-order valence-corrected chi connectivity index (χ4v) is 3.90. The van der Waals surface area contributed by atoms with Gasteiger partial charge >= 0.3 is 6.29 Å². The molecule has 0 amide bonds. The van der Waals surface area contributed by atoms with Gasteiger partial charge in [0.15, 0.2) is 23.0 Å². The van der Waals surface area contributed by atoms with E-state index in [4.69, 9.17) is 5.73 Å². The number of benzene rings is 2. The summed E-state index contributed by atoms with van der Waals surface area (Å²) in [5, 5.41) is 4.94. The number of alkyl halides is 2. The highest BCUT2D eigenvalue weighted by Gasteiger charge is 2.44. The summed E-state index contributed by atoms with van der Waals surface area (Å²) < 4.78 is 37.3. The van der Waals surface area contributed by atoms with Crippen LogP contribution in [0.1, 0.15) is 18.7 Å². The first-order valence-electron chi connectivity index (χ1n) is 10.8. The van der Waals surface area contributed by atoms with Crippen molar-refractivity contribution in [3.8, 4) is 24.3 Å². The Morgan fingerprint density at radius 2 is 1.62 bits per heavy atom. The second-order valence-corrected chi connectivity index (χ2v) is 7.64. The summed E-state index contributed by atoms with van der Waals surface area (Å²) in [4.78, 5) is 11.1. The number of ether oxygens (including phenoxy) is 2. The van der Waals surface area contributed by atoms with E-state index in [0.29, 0.717) is 23.3 Å². The van der Waals surface area contributed by atoms with Gasteiger partial charge < -0.3 is 20.1 Å². The normalized spacial score (nSPS) is 16.0. The Labute approximate surface area is 195 Å². The first-order valence-corrected chi connectivity index (χ1v) is 10.8. The zero-order chi connectivity index (χ0) is 24.1. The van der Waals surface area contributed by atoms with Crippen LogP contribution in [0.15, 0.2) is 48.5 Å². The molecule has 176 valence electrons. The van der Waals surface area contributed by atoms with Crippen LogP contribution in [-0.2, 0) is 6.42 Å². The average Bonchev–Trinajstić information content (AvgIpc) is 3.58. The largest absolute Gasteiger partial charge is 0.586 e. The summed E-state index contributed by atoms with van der Waals surface area (Å²) in [6, 6.07) is 15.0. The highest BCUT2D eigenvalue weighted by Crippen LogP contribution is 2.45. The third-order valence-corrected chi connectivity index (χ3v) is 5.40. The number of hydrogen-bond acceptors (Lipinski definition) is 7. The quantitative estimate of drug-likeness (QED) is 0.460. The van der Waals surface area contributed by atoms with Gasteiger partial charge in [0, 0.05) is 18.4 Å². The summed E-state index contributed by atoms with van der Waals surface area (Å²) >= 11 is 0. The van der Waals surface area contributed by atoms with Crippen molar-refractivity contribution >= 4 is 22.5 Å². The van der Waals surface area contributed by atoms with Gasteiger partial charge in [0.2, 0.25) is 5.95 Å². The molecule has 0 spiro atoms. The fraction of sp³-hybridized carbons (Fsp3) is 0.292. The Hall–Kier alpha value is -3.97. The number of aromatic nitrogens is 4. The molecule has 0 aliphatic carbocycles. The van der Waals surface area contributed by atoms with Crippen LogP contribution in [0, 0.1) is 12.8 Å². The highest BCUT2D eigenvalue weighted by atomic mass is 19.3. The maximum atomic E-state index is 13.4. The second kappa shape index (κ2) is 9.89. The lowest BCUT2D eigenvalue weighted by Crippen LogP contribution is -2.26. The Balaban J connectivity index is 0.000000296. The standard InChI is InChI=1S/C16H16F2N6O2.C6H6.C2H2/c17-16(18)25-10-4-3-9-12(13(10)26-16)21-15(19)24-14(9)20-11(22-24)5-8-23-6-1-2-7-23;1-2-4-6-5-3-1;1-2/h3-4H,1-2,5-8H2,(H2,19,21);1-6H;1-2H. The van der Waals surface area contributed by atoms with Crippen LogP contribution in [0.3, 0.4) is 0 Å². The minimum Gasteiger partial charge on any atom is -0.395 e. The SMILES string of the molecule is C#C.Nc1nc2c3c(ccc2c2nc(CCN4CCCC4)nn12)OC(F)(F)O3.c1ccccc1. The van der Waals surface area contributed by atoms with Crippen molar-refractivity contribution in [2.75, 3.05) is 25.4 Å². The van der Waals surface area contributed by atoms with Crippen LogP contribution in [0.4, 0.5) is 14.7 Å². The van der Waals surface area contributed by atoms with Gasteiger partial charge in [0.05, 0.1) is 0 Å². The molecular weight excluding hydrogens is 442 g/mol. The Morgan fingerprint density at radius 3 is 2.26 bits per heavy atom. The molecule has 0 atom stereocenters. The number of nitrogens with zero attached hydrogens (tertiary/aromatic N) is 5. The number of fused-ring (bicyclic) bond motifs is 5. The van der Waals surface area contributed by atoms with Gasteiger partial charge in [-0.25, -0.2) is 9.97 Å². The molecule has 1 fully saturated rings. The van der Waals surface area contributed by atoms with Crippen LogP contribution < -0.4 is 15.2 Å². The highest BCUT2D eigenvalue weighted by molar-refractivity contribution is 5.97. The number of halogens is 2. The van der Waals surface area contributed by atoms with Crippen molar-refractivity contribution in [2.24, 2.45) is 0 Å². The van der Waals surface area contributed by atoms with E-state index in [1.807, 2.05) is 36.4 Å². The van der Waals surface area contributed by atoms with Gasteiger partial charge in [-0.1, -0.05) is 36.4 Å². The first-order chi connectivity index (χ1) is 16.5. The Morgan fingerprint density at radius 1 is 0.971 bits per heavy atom. The number of likely N-dealkylation sites (tertiary alicyclic amines) is 1. The molecule has 2 aromatic heterocycles. The summed E-state index contributed by atoms with van der Waals surface area (Å²) in [5.41, 5.74) is 6.62. The van der Waals surface area contributed by atoms with Crippen LogP contribution in [0.5, 0.6) is 11.5 Å². The minimum absolute atomic E-state index is 0.0552. The molecule has 6 rings (SSSR count). The molecule has 2 aliphatic heterocycles. The molecule has 2 aliphatic rings. The molecule has 8 nitrogen and oxygen atoms in total. The van der Waals surface area contributed by atoms with Gasteiger partial charge in [-0.15, -0.1) is 26.7 Å². The van der Waals surface area contributed by atoms with E-state index in [-0.39, 0.29) is 23.0 Å². The molecule has 0 radical (unpaired) electrons. The van der Waals surface area contributed by atoms with E-state index in [1.165, 1.54) is 23.4 Å². The maximum absolute atomic E-state index is 13.4.